The van der Waals surface area contributed by atoms with Crippen LogP contribution in [0.5, 0.6) is 5.75 Å². The average Bonchev–Trinajstić information content (AvgIpc) is 3.04. The summed E-state index contributed by atoms with van der Waals surface area (Å²) in [7, 11) is 0. The highest BCUT2D eigenvalue weighted by Crippen LogP contribution is 2.38. The molecule has 1 fully saturated rings. The number of aliphatic hydroxyl groups is 1. The molecule has 3 nitrogen and oxygen atoms in total. The fourth-order valence-corrected chi connectivity index (χ4v) is 2.32. The lowest BCUT2D eigenvalue weighted by Crippen LogP contribution is -2.03. The first-order chi connectivity index (χ1) is 9.88. The summed E-state index contributed by atoms with van der Waals surface area (Å²) >= 11 is 0. The highest BCUT2D eigenvalue weighted by atomic mass is 16.6. The molecule has 2 unspecified atom stereocenters. The molecule has 0 radical (unpaired) electrons. The summed E-state index contributed by atoms with van der Waals surface area (Å²) in [5, 5.41) is 9.45. The molecule has 0 amide bonds. The maximum atomic E-state index is 9.45. The van der Waals surface area contributed by atoms with Gasteiger partial charge in [0.25, 0.3) is 0 Å². The number of aliphatic hydroxyl groups excluding tert-OH is 1. The van der Waals surface area contributed by atoms with Crippen LogP contribution >= 0.6 is 0 Å². The molecule has 1 aromatic carbocycles. The number of rotatable bonds is 7. The van der Waals surface area contributed by atoms with Gasteiger partial charge in [-0.05, 0) is 64.3 Å². The zero-order valence-corrected chi connectivity index (χ0v) is 13.4. The minimum atomic E-state index is -0.435. The zero-order chi connectivity index (χ0) is 15.5. The molecule has 0 spiro atoms. The van der Waals surface area contributed by atoms with Crippen LogP contribution < -0.4 is 4.74 Å². The molecule has 1 aliphatic heterocycles. The summed E-state index contributed by atoms with van der Waals surface area (Å²) in [5.74, 6) is 0.829. The zero-order valence-electron chi connectivity index (χ0n) is 13.4. The van der Waals surface area contributed by atoms with E-state index in [4.69, 9.17) is 9.47 Å². The molecular weight excluding hydrogens is 264 g/mol. The molecule has 0 aromatic heterocycles. The molecule has 1 aromatic rings. The first-order valence-electron chi connectivity index (χ1n) is 7.63. The van der Waals surface area contributed by atoms with E-state index in [0.29, 0.717) is 12.7 Å². The minimum absolute atomic E-state index is 0.0857. The van der Waals surface area contributed by atoms with E-state index < -0.39 is 6.10 Å². The fourth-order valence-electron chi connectivity index (χ4n) is 2.32. The molecule has 116 valence electrons. The van der Waals surface area contributed by atoms with Gasteiger partial charge in [-0.3, -0.25) is 0 Å². The van der Waals surface area contributed by atoms with Crippen molar-refractivity contribution in [1.82, 2.24) is 0 Å². The summed E-state index contributed by atoms with van der Waals surface area (Å²) in [5.41, 5.74) is 2.32. The largest absolute Gasteiger partial charge is 0.490 e. The maximum absolute atomic E-state index is 9.45. The molecule has 21 heavy (non-hydrogen) atoms. The van der Waals surface area contributed by atoms with Crippen LogP contribution in [0.15, 0.2) is 35.9 Å². The van der Waals surface area contributed by atoms with E-state index in [1.807, 2.05) is 24.3 Å². The number of ether oxygens (including phenoxy) is 2. The Hall–Kier alpha value is -1.32. The van der Waals surface area contributed by atoms with Crippen LogP contribution in [0.3, 0.4) is 0 Å². The van der Waals surface area contributed by atoms with Gasteiger partial charge < -0.3 is 14.6 Å². The van der Waals surface area contributed by atoms with Crippen molar-refractivity contribution in [3.05, 3.63) is 41.5 Å². The van der Waals surface area contributed by atoms with E-state index in [0.717, 1.165) is 24.2 Å². The molecule has 1 aliphatic rings. The molecule has 0 bridgehead atoms. The average molecular weight is 290 g/mol. The van der Waals surface area contributed by atoms with Crippen molar-refractivity contribution < 1.29 is 14.6 Å². The number of epoxide rings is 1. The Morgan fingerprint density at radius 2 is 2.00 bits per heavy atom. The first-order valence-corrected chi connectivity index (χ1v) is 7.63. The Bertz CT molecular complexity index is 486. The molecular formula is C18H26O3. The second-order valence-electron chi connectivity index (χ2n) is 6.36. The van der Waals surface area contributed by atoms with Gasteiger partial charge >= 0.3 is 0 Å². The quantitative estimate of drug-likeness (QED) is 0.609. The van der Waals surface area contributed by atoms with Crippen LogP contribution in [0.1, 0.15) is 52.2 Å². The van der Waals surface area contributed by atoms with Crippen LogP contribution in [-0.4, -0.2) is 23.4 Å². The lowest BCUT2D eigenvalue weighted by molar-refractivity contribution is 0.199. The summed E-state index contributed by atoms with van der Waals surface area (Å²) in [6, 6.07) is 7.57. The number of benzene rings is 1. The fraction of sp³-hybridized carbons (Fsp3) is 0.556. The van der Waals surface area contributed by atoms with Crippen molar-refractivity contribution in [2.24, 2.45) is 0 Å². The van der Waals surface area contributed by atoms with E-state index >= 15 is 0 Å². The second kappa shape index (κ2) is 6.63. The van der Waals surface area contributed by atoms with Crippen molar-refractivity contribution in [2.45, 2.75) is 58.3 Å². The monoisotopic (exact) mass is 290 g/mol. The lowest BCUT2D eigenvalue weighted by atomic mass is 10.0. The summed E-state index contributed by atoms with van der Waals surface area (Å²) in [6.45, 7) is 8.74. The Balaban J connectivity index is 1.71. The Labute approximate surface area is 127 Å². The molecule has 0 aliphatic carbocycles. The van der Waals surface area contributed by atoms with Crippen molar-refractivity contribution in [1.29, 1.82) is 0 Å². The van der Waals surface area contributed by atoms with Crippen LogP contribution in [-0.2, 0) is 4.74 Å². The van der Waals surface area contributed by atoms with Crippen molar-refractivity contribution in [2.75, 3.05) is 6.61 Å². The van der Waals surface area contributed by atoms with Crippen molar-refractivity contribution >= 4 is 0 Å². The van der Waals surface area contributed by atoms with Crippen LogP contribution in [0.4, 0.5) is 0 Å². The second-order valence-corrected chi connectivity index (χ2v) is 6.36. The molecule has 0 saturated carbocycles. The van der Waals surface area contributed by atoms with Gasteiger partial charge in [0.15, 0.2) is 0 Å². The van der Waals surface area contributed by atoms with Crippen molar-refractivity contribution in [3.8, 4) is 5.75 Å². The lowest BCUT2D eigenvalue weighted by Gasteiger charge is -2.07. The van der Waals surface area contributed by atoms with E-state index in [-0.39, 0.29) is 5.60 Å². The predicted molar refractivity (Wildman–Crippen MR) is 84.5 cm³/mol. The van der Waals surface area contributed by atoms with Crippen LogP contribution in [0, 0.1) is 0 Å². The number of allylic oxidation sites excluding steroid dienone is 1. The number of hydrogen-bond acceptors (Lipinski definition) is 3. The Morgan fingerprint density at radius 3 is 2.52 bits per heavy atom. The van der Waals surface area contributed by atoms with Gasteiger partial charge in [0.1, 0.15) is 12.4 Å². The molecule has 1 heterocycles. The SMILES string of the molecule is C/C(=C\COc1ccc(C(C)O)cc1)CCC1OC1(C)C. The highest BCUT2D eigenvalue weighted by Gasteiger charge is 2.46. The predicted octanol–water partition coefficient (Wildman–Crippen LogP) is 4.02. The summed E-state index contributed by atoms with van der Waals surface area (Å²) < 4.78 is 11.3. The van der Waals surface area contributed by atoms with Crippen molar-refractivity contribution in [3.63, 3.8) is 0 Å². The van der Waals surface area contributed by atoms with Gasteiger partial charge in [0.2, 0.25) is 0 Å². The van der Waals surface area contributed by atoms with E-state index in [1.165, 1.54) is 5.57 Å². The highest BCUT2D eigenvalue weighted by molar-refractivity contribution is 5.28. The van der Waals surface area contributed by atoms with Crippen LogP contribution in [0.25, 0.3) is 0 Å². The van der Waals surface area contributed by atoms with E-state index in [1.54, 1.807) is 6.92 Å². The third-order valence-corrected chi connectivity index (χ3v) is 4.01. The van der Waals surface area contributed by atoms with Gasteiger partial charge in [0, 0.05) is 0 Å². The third kappa shape index (κ3) is 4.87. The molecule has 2 rings (SSSR count). The third-order valence-electron chi connectivity index (χ3n) is 4.01. The summed E-state index contributed by atoms with van der Waals surface area (Å²) in [6.07, 6.45) is 4.24. The van der Waals surface area contributed by atoms with Gasteiger partial charge in [-0.1, -0.05) is 17.7 Å². The molecule has 2 atom stereocenters. The molecule has 1 N–H and O–H groups in total. The normalized spacial score (nSPS) is 22.0. The van der Waals surface area contributed by atoms with Gasteiger partial charge in [-0.15, -0.1) is 0 Å². The topological polar surface area (TPSA) is 42.0 Å². The number of hydrogen-bond donors (Lipinski definition) is 1. The molecule has 3 heteroatoms. The van der Waals surface area contributed by atoms with Gasteiger partial charge in [0.05, 0.1) is 17.8 Å². The van der Waals surface area contributed by atoms with Gasteiger partial charge in [-0.2, -0.15) is 0 Å². The standard InChI is InChI=1S/C18H26O3/c1-13(5-10-17-18(3,4)21-17)11-12-20-16-8-6-15(7-9-16)14(2)19/h6-9,11,14,17,19H,5,10,12H2,1-4H3/b13-11+. The summed E-state index contributed by atoms with van der Waals surface area (Å²) in [4.78, 5) is 0. The molecule has 1 saturated heterocycles. The Kier molecular flexibility index (Phi) is 5.07. The van der Waals surface area contributed by atoms with E-state index in [9.17, 15) is 5.11 Å². The Morgan fingerprint density at radius 1 is 1.38 bits per heavy atom. The van der Waals surface area contributed by atoms with E-state index in [2.05, 4.69) is 26.8 Å². The maximum Gasteiger partial charge on any atom is 0.119 e. The van der Waals surface area contributed by atoms with Gasteiger partial charge in [-0.25, -0.2) is 0 Å². The van der Waals surface area contributed by atoms with Crippen LogP contribution in [0.2, 0.25) is 0 Å². The smallest absolute Gasteiger partial charge is 0.119 e. The first kappa shape index (κ1) is 16.1. The minimum Gasteiger partial charge on any atom is -0.490 e.